The first kappa shape index (κ1) is 13.1. The van der Waals surface area contributed by atoms with Crippen molar-refractivity contribution < 1.29 is 0 Å². The molecule has 3 N–H and O–H groups in total. The highest BCUT2D eigenvalue weighted by Gasteiger charge is 2.15. The smallest absolute Gasteiger partial charge is 0.100 e. The van der Waals surface area contributed by atoms with Gasteiger partial charge in [-0.3, -0.25) is 10.1 Å². The fraction of sp³-hybridized carbons (Fsp3) is 0.0588. The molecular weight excluding hydrogens is 260 g/mol. The van der Waals surface area contributed by atoms with E-state index >= 15 is 0 Å². The highest BCUT2D eigenvalue weighted by molar-refractivity contribution is 5.82. The summed E-state index contributed by atoms with van der Waals surface area (Å²) in [5.41, 5.74) is 11.4. The summed E-state index contributed by atoms with van der Waals surface area (Å²) in [6.07, 6.45) is 8.98. The lowest BCUT2D eigenvalue weighted by Gasteiger charge is -2.05. The summed E-state index contributed by atoms with van der Waals surface area (Å²) in [5.74, 6) is 2.64. The molecule has 0 unspecified atom stereocenters. The minimum atomic E-state index is 0.388. The maximum atomic E-state index is 5.82. The topological polar surface area (TPSA) is 67.6 Å². The lowest BCUT2D eigenvalue weighted by atomic mass is 9.98. The van der Waals surface area contributed by atoms with Gasteiger partial charge in [0.1, 0.15) is 5.69 Å². The number of aromatic nitrogens is 3. The van der Waals surface area contributed by atoms with E-state index in [-0.39, 0.29) is 0 Å². The van der Waals surface area contributed by atoms with E-state index < -0.39 is 0 Å². The van der Waals surface area contributed by atoms with Crippen LogP contribution in [0, 0.1) is 12.3 Å². The van der Waals surface area contributed by atoms with Crippen LogP contribution in [-0.2, 0) is 6.54 Å². The van der Waals surface area contributed by atoms with Crippen molar-refractivity contribution in [1.82, 2.24) is 15.2 Å². The first-order chi connectivity index (χ1) is 10.3. The summed E-state index contributed by atoms with van der Waals surface area (Å²) in [7, 11) is 0. The predicted molar refractivity (Wildman–Crippen MR) is 83.1 cm³/mol. The molecule has 4 heteroatoms. The summed E-state index contributed by atoms with van der Waals surface area (Å²) in [6.45, 7) is 0.388. The molecule has 0 bridgehead atoms. The number of terminal acetylenes is 1. The number of nitrogens with one attached hydrogen (secondary N) is 1. The minimum Gasteiger partial charge on any atom is -0.325 e. The average Bonchev–Trinajstić information content (AvgIpc) is 2.99. The van der Waals surface area contributed by atoms with E-state index in [2.05, 4.69) is 21.1 Å². The Hall–Kier alpha value is -2.90. The van der Waals surface area contributed by atoms with E-state index in [1.807, 2.05) is 36.4 Å². The Balaban J connectivity index is 2.20. The number of nitrogens with zero attached hydrogens (tertiary/aromatic N) is 2. The van der Waals surface area contributed by atoms with E-state index in [0.717, 1.165) is 33.6 Å². The Kier molecular flexibility index (Phi) is 3.50. The Morgan fingerprint density at radius 2 is 1.95 bits per heavy atom. The van der Waals surface area contributed by atoms with Gasteiger partial charge in [0, 0.05) is 35.6 Å². The van der Waals surface area contributed by atoms with Gasteiger partial charge in [0.05, 0.1) is 5.69 Å². The Morgan fingerprint density at radius 3 is 2.67 bits per heavy atom. The molecule has 0 aliphatic carbocycles. The molecule has 102 valence electrons. The van der Waals surface area contributed by atoms with Gasteiger partial charge in [0.2, 0.25) is 0 Å². The van der Waals surface area contributed by atoms with Crippen molar-refractivity contribution in [2.75, 3.05) is 0 Å². The number of rotatable bonds is 3. The molecule has 2 aromatic heterocycles. The molecule has 0 saturated heterocycles. The summed E-state index contributed by atoms with van der Waals surface area (Å²) in [4.78, 5) is 4.05. The van der Waals surface area contributed by atoms with Gasteiger partial charge in [-0.05, 0) is 29.8 Å². The van der Waals surface area contributed by atoms with Gasteiger partial charge < -0.3 is 5.73 Å². The van der Waals surface area contributed by atoms with Crippen molar-refractivity contribution in [2.45, 2.75) is 6.54 Å². The fourth-order valence-corrected chi connectivity index (χ4v) is 2.32. The molecule has 0 amide bonds. The molecule has 2 heterocycles. The molecule has 3 rings (SSSR count). The number of benzene rings is 1. The number of pyridine rings is 1. The lowest BCUT2D eigenvalue weighted by Crippen LogP contribution is -1.98. The molecule has 21 heavy (non-hydrogen) atoms. The maximum absolute atomic E-state index is 5.82. The molecule has 1 aromatic carbocycles. The SMILES string of the molecule is C#Cc1cccc(-c2n[nH]c(CN)c2-c2ccncc2)c1. The quantitative estimate of drug-likeness (QED) is 0.721. The number of nitrogens with two attached hydrogens (primary N) is 1. The summed E-state index contributed by atoms with van der Waals surface area (Å²) < 4.78 is 0. The van der Waals surface area contributed by atoms with Crippen LogP contribution < -0.4 is 5.73 Å². The van der Waals surface area contributed by atoms with Crippen LogP contribution in [0.1, 0.15) is 11.3 Å². The monoisotopic (exact) mass is 274 g/mol. The summed E-state index contributed by atoms with van der Waals surface area (Å²) in [6, 6.07) is 11.6. The maximum Gasteiger partial charge on any atom is 0.100 e. The summed E-state index contributed by atoms with van der Waals surface area (Å²) >= 11 is 0. The number of hydrogen-bond donors (Lipinski definition) is 2. The highest BCUT2D eigenvalue weighted by atomic mass is 15.1. The van der Waals surface area contributed by atoms with E-state index in [4.69, 9.17) is 12.2 Å². The first-order valence-electron chi connectivity index (χ1n) is 6.58. The zero-order chi connectivity index (χ0) is 14.7. The third-order valence-electron chi connectivity index (χ3n) is 3.32. The number of H-pyrrole nitrogens is 1. The first-order valence-corrected chi connectivity index (χ1v) is 6.58. The van der Waals surface area contributed by atoms with E-state index in [1.54, 1.807) is 12.4 Å². The van der Waals surface area contributed by atoms with Crippen LogP contribution in [0.2, 0.25) is 0 Å². The van der Waals surface area contributed by atoms with Crippen LogP contribution in [0.15, 0.2) is 48.8 Å². The van der Waals surface area contributed by atoms with Gasteiger partial charge in [-0.15, -0.1) is 6.42 Å². The largest absolute Gasteiger partial charge is 0.325 e. The average molecular weight is 274 g/mol. The zero-order valence-corrected chi connectivity index (χ0v) is 11.4. The van der Waals surface area contributed by atoms with Crippen molar-refractivity contribution in [3.05, 3.63) is 60.0 Å². The van der Waals surface area contributed by atoms with Crippen molar-refractivity contribution in [2.24, 2.45) is 5.73 Å². The second-order valence-corrected chi connectivity index (χ2v) is 4.59. The van der Waals surface area contributed by atoms with Crippen LogP contribution in [0.4, 0.5) is 0 Å². The van der Waals surface area contributed by atoms with Crippen LogP contribution in [0.5, 0.6) is 0 Å². The standard InChI is InChI=1S/C17H14N4/c1-2-12-4-3-5-14(10-12)17-16(15(11-18)20-21-17)13-6-8-19-9-7-13/h1,3-10H,11,18H2,(H,20,21). The number of aromatic amines is 1. The fourth-order valence-electron chi connectivity index (χ4n) is 2.32. The second kappa shape index (κ2) is 5.61. The van der Waals surface area contributed by atoms with Crippen LogP contribution in [-0.4, -0.2) is 15.2 Å². The Morgan fingerprint density at radius 1 is 1.14 bits per heavy atom. The normalized spacial score (nSPS) is 10.3. The van der Waals surface area contributed by atoms with E-state index in [0.29, 0.717) is 6.54 Å². The third kappa shape index (κ3) is 2.42. The van der Waals surface area contributed by atoms with E-state index in [1.165, 1.54) is 0 Å². The van der Waals surface area contributed by atoms with Gasteiger partial charge in [-0.2, -0.15) is 5.10 Å². The van der Waals surface area contributed by atoms with Gasteiger partial charge in [-0.25, -0.2) is 0 Å². The van der Waals surface area contributed by atoms with Crippen molar-refractivity contribution >= 4 is 0 Å². The van der Waals surface area contributed by atoms with Crippen molar-refractivity contribution in [3.8, 4) is 34.7 Å². The lowest BCUT2D eigenvalue weighted by molar-refractivity contribution is 0.949. The molecule has 0 spiro atoms. The zero-order valence-electron chi connectivity index (χ0n) is 11.4. The molecule has 0 aliphatic heterocycles. The van der Waals surface area contributed by atoms with Crippen molar-refractivity contribution in [3.63, 3.8) is 0 Å². The van der Waals surface area contributed by atoms with Gasteiger partial charge in [0.15, 0.2) is 0 Å². The van der Waals surface area contributed by atoms with Gasteiger partial charge in [-0.1, -0.05) is 18.1 Å². The van der Waals surface area contributed by atoms with Crippen LogP contribution in [0.3, 0.4) is 0 Å². The molecule has 4 nitrogen and oxygen atoms in total. The molecule has 0 saturated carbocycles. The van der Waals surface area contributed by atoms with Gasteiger partial charge in [0.25, 0.3) is 0 Å². The van der Waals surface area contributed by atoms with Gasteiger partial charge >= 0.3 is 0 Å². The van der Waals surface area contributed by atoms with Crippen LogP contribution >= 0.6 is 0 Å². The predicted octanol–water partition coefficient (Wildman–Crippen LogP) is 2.58. The highest BCUT2D eigenvalue weighted by Crippen LogP contribution is 2.33. The molecule has 3 aromatic rings. The third-order valence-corrected chi connectivity index (χ3v) is 3.32. The molecule has 0 fully saturated rings. The number of hydrogen-bond acceptors (Lipinski definition) is 3. The molecule has 0 aliphatic rings. The Bertz CT molecular complexity index is 797. The summed E-state index contributed by atoms with van der Waals surface area (Å²) in [5, 5.41) is 7.43. The molecular formula is C17H14N4. The van der Waals surface area contributed by atoms with Crippen molar-refractivity contribution in [1.29, 1.82) is 0 Å². The minimum absolute atomic E-state index is 0.388. The second-order valence-electron chi connectivity index (χ2n) is 4.59. The van der Waals surface area contributed by atoms with E-state index in [9.17, 15) is 0 Å². The Labute approximate surface area is 123 Å². The van der Waals surface area contributed by atoms with Crippen LogP contribution in [0.25, 0.3) is 22.4 Å². The molecule has 0 atom stereocenters. The molecule has 0 radical (unpaired) electrons.